The van der Waals surface area contributed by atoms with Gasteiger partial charge in [0.1, 0.15) is 6.26 Å². The van der Waals surface area contributed by atoms with E-state index in [1.165, 1.54) is 11.3 Å². The summed E-state index contributed by atoms with van der Waals surface area (Å²) in [5.74, 6) is 1.01. The first-order valence-corrected chi connectivity index (χ1v) is 3.47. The van der Waals surface area contributed by atoms with Crippen molar-refractivity contribution >= 4 is 0 Å². The highest BCUT2D eigenvalue weighted by molar-refractivity contribution is 5.40. The molecule has 4 aliphatic heterocycles. The number of nitrogens with zero attached hydrogens (tertiary/aromatic N) is 1. The van der Waals surface area contributed by atoms with Gasteiger partial charge in [-0.1, -0.05) is 6.08 Å². The molecular formula is C8H7NO. The van der Waals surface area contributed by atoms with Crippen molar-refractivity contribution in [2.45, 2.75) is 6.42 Å². The highest BCUT2D eigenvalue weighted by atomic mass is 16.5. The van der Waals surface area contributed by atoms with E-state index in [2.05, 4.69) is 17.1 Å². The maximum absolute atomic E-state index is 5.29. The van der Waals surface area contributed by atoms with Crippen molar-refractivity contribution in [1.29, 1.82) is 0 Å². The molecule has 0 amide bonds. The Balaban J connectivity index is 2.28. The molecule has 0 aromatic rings. The van der Waals surface area contributed by atoms with Gasteiger partial charge in [0.2, 0.25) is 0 Å². The Bertz CT molecular complexity index is 286. The second-order valence-corrected chi connectivity index (χ2v) is 2.78. The molecule has 4 bridgehead atoms. The fourth-order valence-electron chi connectivity index (χ4n) is 1.61. The number of rotatable bonds is 0. The molecule has 0 fully saturated rings. The van der Waals surface area contributed by atoms with Crippen LogP contribution in [0, 0.1) is 0 Å². The van der Waals surface area contributed by atoms with Crippen LogP contribution in [0.5, 0.6) is 0 Å². The van der Waals surface area contributed by atoms with Gasteiger partial charge in [0, 0.05) is 19.0 Å². The van der Waals surface area contributed by atoms with Crippen LogP contribution in [0.25, 0.3) is 0 Å². The predicted octanol–water partition coefficient (Wildman–Crippen LogP) is 1.35. The van der Waals surface area contributed by atoms with Gasteiger partial charge in [0.15, 0.2) is 5.88 Å². The third-order valence-corrected chi connectivity index (χ3v) is 2.16. The maximum atomic E-state index is 5.29. The molecule has 0 atom stereocenters. The predicted molar refractivity (Wildman–Crippen MR) is 36.7 cm³/mol. The number of ether oxygens (including phenoxy) is 1. The zero-order valence-corrected chi connectivity index (χ0v) is 5.50. The minimum atomic E-state index is 1.01. The normalized spacial score (nSPS) is 25.6. The third-order valence-electron chi connectivity index (χ3n) is 2.16. The Morgan fingerprint density at radius 2 is 2.50 bits per heavy atom. The molecule has 0 aromatic heterocycles. The van der Waals surface area contributed by atoms with Crippen molar-refractivity contribution in [3.05, 3.63) is 35.6 Å². The summed E-state index contributed by atoms with van der Waals surface area (Å²) in [6, 6.07) is 0. The van der Waals surface area contributed by atoms with Crippen molar-refractivity contribution in [3.63, 3.8) is 0 Å². The van der Waals surface area contributed by atoms with Crippen LogP contribution in [0.3, 0.4) is 0 Å². The molecule has 4 heterocycles. The molecule has 10 heavy (non-hydrogen) atoms. The molecule has 4 aliphatic rings. The highest BCUT2D eigenvalue weighted by Gasteiger charge is 2.30. The summed E-state index contributed by atoms with van der Waals surface area (Å²) in [5, 5.41) is 0. The quantitative estimate of drug-likeness (QED) is 0.494. The van der Waals surface area contributed by atoms with Gasteiger partial charge in [-0.15, -0.1) is 0 Å². The zero-order chi connectivity index (χ0) is 6.55. The van der Waals surface area contributed by atoms with Crippen molar-refractivity contribution in [2.24, 2.45) is 0 Å². The largest absolute Gasteiger partial charge is 0.447 e. The van der Waals surface area contributed by atoms with Crippen LogP contribution in [0.15, 0.2) is 35.6 Å². The summed E-state index contributed by atoms with van der Waals surface area (Å²) in [4.78, 5) is 2.20. The topological polar surface area (TPSA) is 12.5 Å². The van der Waals surface area contributed by atoms with Crippen LogP contribution in [-0.4, -0.2) is 11.4 Å². The zero-order valence-electron chi connectivity index (χ0n) is 5.50. The van der Waals surface area contributed by atoms with Gasteiger partial charge in [-0.05, 0) is 5.57 Å². The lowest BCUT2D eigenvalue weighted by atomic mass is 10.0. The Kier molecular flexibility index (Phi) is 0.592. The SMILES string of the molecule is C1=C2C=C3OC=C(C2)N3C1. The fourth-order valence-corrected chi connectivity index (χ4v) is 1.61. The molecule has 0 unspecified atom stereocenters. The summed E-state index contributed by atoms with van der Waals surface area (Å²) in [6.45, 7) is 1.01. The number of hydrogen-bond donors (Lipinski definition) is 0. The van der Waals surface area contributed by atoms with E-state index in [0.717, 1.165) is 18.8 Å². The van der Waals surface area contributed by atoms with Crippen LogP contribution >= 0.6 is 0 Å². The minimum absolute atomic E-state index is 1.01. The van der Waals surface area contributed by atoms with Crippen LogP contribution in [0.1, 0.15) is 6.42 Å². The van der Waals surface area contributed by atoms with Crippen LogP contribution in [0.2, 0.25) is 0 Å². The number of fused-ring (bicyclic) bond motifs is 1. The van der Waals surface area contributed by atoms with E-state index < -0.39 is 0 Å². The molecule has 0 saturated carbocycles. The molecule has 4 rings (SSSR count). The first-order chi connectivity index (χ1) is 4.93. The maximum Gasteiger partial charge on any atom is 0.200 e. The average Bonchev–Trinajstić information content (AvgIpc) is 2.29. The van der Waals surface area contributed by atoms with Crippen molar-refractivity contribution in [2.75, 3.05) is 6.54 Å². The van der Waals surface area contributed by atoms with Gasteiger partial charge < -0.3 is 9.64 Å². The Morgan fingerprint density at radius 1 is 1.50 bits per heavy atom. The molecule has 0 aromatic carbocycles. The third kappa shape index (κ3) is 0.375. The standard InChI is InChI=1S/C8H7NO/c1-2-9-7-3-6(1)4-8(9)10-5-7/h1,4-5H,2-3H2. The molecule has 2 nitrogen and oxygen atoms in total. The van der Waals surface area contributed by atoms with Gasteiger partial charge in [0.25, 0.3) is 0 Å². The molecule has 50 valence electrons. The molecular weight excluding hydrogens is 126 g/mol. The second-order valence-electron chi connectivity index (χ2n) is 2.78. The lowest BCUT2D eigenvalue weighted by molar-refractivity contribution is 0.268. The van der Waals surface area contributed by atoms with Gasteiger partial charge in [-0.25, -0.2) is 0 Å². The molecule has 0 radical (unpaired) electrons. The Morgan fingerprint density at radius 3 is 3.20 bits per heavy atom. The summed E-state index contributed by atoms with van der Waals surface area (Å²) in [5.41, 5.74) is 2.72. The molecule has 0 N–H and O–H groups in total. The number of allylic oxidation sites excluding steroid dienone is 2. The summed E-state index contributed by atoms with van der Waals surface area (Å²) in [7, 11) is 0. The molecule has 0 saturated heterocycles. The van der Waals surface area contributed by atoms with Gasteiger partial charge in [-0.2, -0.15) is 0 Å². The Labute approximate surface area is 59.1 Å². The van der Waals surface area contributed by atoms with Gasteiger partial charge >= 0.3 is 0 Å². The number of hydrogen-bond acceptors (Lipinski definition) is 2. The van der Waals surface area contributed by atoms with Gasteiger partial charge in [-0.3, -0.25) is 0 Å². The van der Waals surface area contributed by atoms with E-state index >= 15 is 0 Å². The average molecular weight is 133 g/mol. The lowest BCUT2D eigenvalue weighted by Crippen LogP contribution is -2.26. The molecule has 0 spiro atoms. The van der Waals surface area contributed by atoms with Crippen LogP contribution in [0.4, 0.5) is 0 Å². The monoisotopic (exact) mass is 133 g/mol. The summed E-state index contributed by atoms with van der Waals surface area (Å²) >= 11 is 0. The first-order valence-electron chi connectivity index (χ1n) is 3.47. The van der Waals surface area contributed by atoms with Crippen LogP contribution in [-0.2, 0) is 4.74 Å². The smallest absolute Gasteiger partial charge is 0.200 e. The second kappa shape index (κ2) is 1.29. The van der Waals surface area contributed by atoms with Crippen molar-refractivity contribution < 1.29 is 4.74 Å². The molecule has 0 aliphatic carbocycles. The van der Waals surface area contributed by atoms with E-state index in [1.807, 2.05) is 6.26 Å². The van der Waals surface area contributed by atoms with E-state index in [-0.39, 0.29) is 0 Å². The van der Waals surface area contributed by atoms with E-state index in [4.69, 9.17) is 4.74 Å². The molecule has 2 heteroatoms. The summed E-state index contributed by atoms with van der Waals surface area (Å²) in [6.07, 6.45) is 7.27. The summed E-state index contributed by atoms with van der Waals surface area (Å²) < 4.78 is 5.29. The van der Waals surface area contributed by atoms with Crippen LogP contribution < -0.4 is 0 Å². The van der Waals surface area contributed by atoms with E-state index in [0.29, 0.717) is 0 Å². The van der Waals surface area contributed by atoms with E-state index in [9.17, 15) is 0 Å². The fraction of sp³-hybridized carbons (Fsp3) is 0.250. The van der Waals surface area contributed by atoms with Crippen molar-refractivity contribution in [3.8, 4) is 0 Å². The van der Waals surface area contributed by atoms with Crippen molar-refractivity contribution in [1.82, 2.24) is 4.90 Å². The Hall–Kier alpha value is -1.18. The van der Waals surface area contributed by atoms with E-state index in [1.54, 1.807) is 0 Å². The first kappa shape index (κ1) is 4.61. The minimum Gasteiger partial charge on any atom is -0.447 e. The van der Waals surface area contributed by atoms with Gasteiger partial charge in [0.05, 0.1) is 5.70 Å². The highest BCUT2D eigenvalue weighted by Crippen LogP contribution is 2.37. The lowest BCUT2D eigenvalue weighted by Gasteiger charge is -2.29.